The van der Waals surface area contributed by atoms with Gasteiger partial charge in [0.2, 0.25) is 11.8 Å². The fourth-order valence-electron chi connectivity index (χ4n) is 2.69. The summed E-state index contributed by atoms with van der Waals surface area (Å²) >= 11 is 0. The van der Waals surface area contributed by atoms with Crippen molar-refractivity contribution < 1.29 is 29.0 Å². The molecule has 11 nitrogen and oxygen atoms in total. The molecule has 0 unspecified atom stereocenters. The summed E-state index contributed by atoms with van der Waals surface area (Å²) in [5, 5.41) is 22.0. The standard InChI is InChI=1S/C17H11N3O8/c21-15-7-8-16(22)18(15)12-3-1-2-4-14(12)28-17(23)11-6-5-10(19(24)25)9-13(11)20(26)27/h1-6,9H,7-8H2. The second kappa shape index (κ2) is 7.23. The maximum absolute atomic E-state index is 12.5. The van der Waals surface area contributed by atoms with Gasteiger partial charge in [0.25, 0.3) is 11.4 Å². The lowest BCUT2D eigenvalue weighted by atomic mass is 10.1. The van der Waals surface area contributed by atoms with Crippen LogP contribution < -0.4 is 9.64 Å². The number of hydrogen-bond acceptors (Lipinski definition) is 8. The number of para-hydroxylation sites is 2. The van der Waals surface area contributed by atoms with Crippen LogP contribution in [0, 0.1) is 20.2 Å². The number of carbonyl (C=O) groups excluding carboxylic acids is 3. The largest absolute Gasteiger partial charge is 0.420 e. The van der Waals surface area contributed by atoms with Crippen LogP contribution in [-0.2, 0) is 9.59 Å². The number of amides is 2. The maximum Gasteiger partial charge on any atom is 0.350 e. The van der Waals surface area contributed by atoms with Gasteiger partial charge < -0.3 is 4.74 Å². The van der Waals surface area contributed by atoms with Crippen LogP contribution in [-0.4, -0.2) is 27.6 Å². The molecule has 0 atom stereocenters. The molecule has 3 rings (SSSR count). The molecular weight excluding hydrogens is 374 g/mol. The Labute approximate surface area is 156 Å². The first-order valence-corrected chi connectivity index (χ1v) is 7.89. The van der Waals surface area contributed by atoms with Gasteiger partial charge >= 0.3 is 5.97 Å². The lowest BCUT2D eigenvalue weighted by Crippen LogP contribution is -2.29. The third-order valence-corrected chi connectivity index (χ3v) is 3.97. The SMILES string of the molecule is O=C(Oc1ccccc1N1C(=O)CCC1=O)c1ccc([N+](=O)[O-])cc1[N+](=O)[O-]. The molecule has 0 spiro atoms. The molecule has 1 heterocycles. The molecule has 0 N–H and O–H groups in total. The molecule has 1 aliphatic rings. The maximum atomic E-state index is 12.5. The van der Waals surface area contributed by atoms with E-state index in [0.717, 1.165) is 17.0 Å². The van der Waals surface area contributed by atoms with E-state index in [1.54, 1.807) is 0 Å². The fraction of sp³-hybridized carbons (Fsp3) is 0.118. The lowest BCUT2D eigenvalue weighted by Gasteiger charge is -2.17. The van der Waals surface area contributed by atoms with E-state index in [0.29, 0.717) is 6.07 Å². The Kier molecular flexibility index (Phi) is 4.81. The topological polar surface area (TPSA) is 150 Å². The summed E-state index contributed by atoms with van der Waals surface area (Å²) in [7, 11) is 0. The Morgan fingerprint density at radius 1 is 0.964 bits per heavy atom. The van der Waals surface area contributed by atoms with Crippen molar-refractivity contribution in [2.75, 3.05) is 4.90 Å². The Bertz CT molecular complexity index is 1020. The first-order chi connectivity index (χ1) is 13.3. The highest BCUT2D eigenvalue weighted by Gasteiger charge is 2.33. The van der Waals surface area contributed by atoms with Crippen molar-refractivity contribution in [3.05, 3.63) is 68.3 Å². The molecule has 0 aliphatic carbocycles. The van der Waals surface area contributed by atoms with Crippen molar-refractivity contribution >= 4 is 34.8 Å². The van der Waals surface area contributed by atoms with Gasteiger partial charge in [-0.1, -0.05) is 12.1 Å². The normalized spacial score (nSPS) is 13.5. The van der Waals surface area contributed by atoms with E-state index in [1.807, 2.05) is 0 Å². The number of hydrogen-bond donors (Lipinski definition) is 0. The zero-order chi connectivity index (χ0) is 20.4. The minimum absolute atomic E-state index is 0.0228. The molecule has 1 saturated heterocycles. The van der Waals surface area contributed by atoms with Crippen LogP contribution in [0.2, 0.25) is 0 Å². The molecule has 0 aromatic heterocycles. The zero-order valence-corrected chi connectivity index (χ0v) is 14.1. The van der Waals surface area contributed by atoms with Crippen molar-refractivity contribution in [1.29, 1.82) is 0 Å². The van der Waals surface area contributed by atoms with Crippen molar-refractivity contribution in [2.24, 2.45) is 0 Å². The third-order valence-electron chi connectivity index (χ3n) is 3.97. The van der Waals surface area contributed by atoms with Crippen LogP contribution in [0.5, 0.6) is 5.75 Å². The Hall–Kier alpha value is -4.15. The molecule has 11 heteroatoms. The summed E-state index contributed by atoms with van der Waals surface area (Å²) < 4.78 is 5.17. The number of anilines is 1. The lowest BCUT2D eigenvalue weighted by molar-refractivity contribution is -0.394. The van der Waals surface area contributed by atoms with Gasteiger partial charge in [-0.15, -0.1) is 0 Å². The van der Waals surface area contributed by atoms with Crippen LogP contribution in [0.3, 0.4) is 0 Å². The quantitative estimate of drug-likeness (QED) is 0.250. The first-order valence-electron chi connectivity index (χ1n) is 7.89. The molecule has 1 aliphatic heterocycles. The van der Waals surface area contributed by atoms with Crippen molar-refractivity contribution in [3.63, 3.8) is 0 Å². The van der Waals surface area contributed by atoms with Crippen molar-refractivity contribution in [2.45, 2.75) is 12.8 Å². The van der Waals surface area contributed by atoms with E-state index in [4.69, 9.17) is 4.74 Å². The summed E-state index contributed by atoms with van der Waals surface area (Å²) in [5.41, 5.74) is -1.83. The highest BCUT2D eigenvalue weighted by atomic mass is 16.6. The molecule has 0 saturated carbocycles. The number of esters is 1. The molecule has 142 valence electrons. The number of carbonyl (C=O) groups is 3. The van der Waals surface area contributed by atoms with Crippen molar-refractivity contribution in [1.82, 2.24) is 0 Å². The van der Waals surface area contributed by atoms with Gasteiger partial charge in [-0.25, -0.2) is 9.69 Å². The number of imide groups is 1. The third kappa shape index (κ3) is 3.40. The Balaban J connectivity index is 1.97. The number of nitrogens with zero attached hydrogens (tertiary/aromatic N) is 3. The van der Waals surface area contributed by atoms with Crippen molar-refractivity contribution in [3.8, 4) is 5.75 Å². The van der Waals surface area contributed by atoms with E-state index in [9.17, 15) is 34.6 Å². The monoisotopic (exact) mass is 385 g/mol. The van der Waals surface area contributed by atoms with E-state index in [1.165, 1.54) is 24.3 Å². The van der Waals surface area contributed by atoms with E-state index >= 15 is 0 Å². The van der Waals surface area contributed by atoms with Crippen LogP contribution in [0.4, 0.5) is 17.1 Å². The summed E-state index contributed by atoms with van der Waals surface area (Å²) in [5.74, 6) is -2.23. The number of rotatable bonds is 5. The number of nitro groups is 2. The molecule has 2 aromatic carbocycles. The molecule has 0 radical (unpaired) electrons. The number of non-ortho nitro benzene ring substituents is 1. The van der Waals surface area contributed by atoms with E-state index < -0.39 is 44.6 Å². The van der Waals surface area contributed by atoms with E-state index in [2.05, 4.69) is 0 Å². The number of nitro benzene ring substituents is 2. The van der Waals surface area contributed by atoms with Crippen LogP contribution >= 0.6 is 0 Å². The molecule has 0 bridgehead atoms. The smallest absolute Gasteiger partial charge is 0.350 e. The fourth-order valence-corrected chi connectivity index (χ4v) is 2.69. The van der Waals surface area contributed by atoms with E-state index in [-0.39, 0.29) is 24.3 Å². The summed E-state index contributed by atoms with van der Waals surface area (Å²) in [6, 6.07) is 8.23. The minimum atomic E-state index is -1.16. The molecule has 2 amide bonds. The molecule has 2 aromatic rings. The zero-order valence-electron chi connectivity index (χ0n) is 14.1. The van der Waals surface area contributed by atoms with Gasteiger partial charge in [-0.3, -0.25) is 29.8 Å². The second-order valence-electron chi connectivity index (χ2n) is 5.70. The van der Waals surface area contributed by atoms with Gasteiger partial charge in [-0.2, -0.15) is 0 Å². The Morgan fingerprint density at radius 2 is 1.61 bits per heavy atom. The predicted molar refractivity (Wildman–Crippen MR) is 92.9 cm³/mol. The van der Waals surface area contributed by atoms with Crippen LogP contribution in [0.1, 0.15) is 23.2 Å². The average molecular weight is 385 g/mol. The molecule has 1 fully saturated rings. The van der Waals surface area contributed by atoms with Crippen LogP contribution in [0.15, 0.2) is 42.5 Å². The minimum Gasteiger partial charge on any atom is -0.420 e. The van der Waals surface area contributed by atoms with Gasteiger partial charge in [0, 0.05) is 18.9 Å². The predicted octanol–water partition coefficient (Wildman–Crippen LogP) is 2.38. The van der Waals surface area contributed by atoms with Gasteiger partial charge in [0.1, 0.15) is 5.56 Å². The molecule has 28 heavy (non-hydrogen) atoms. The number of ether oxygens (including phenoxy) is 1. The highest BCUT2D eigenvalue weighted by molar-refractivity contribution is 6.20. The second-order valence-corrected chi connectivity index (χ2v) is 5.70. The summed E-state index contributed by atoms with van der Waals surface area (Å²) in [4.78, 5) is 57.5. The van der Waals surface area contributed by atoms with Crippen LogP contribution in [0.25, 0.3) is 0 Å². The number of benzene rings is 2. The summed E-state index contributed by atoms with van der Waals surface area (Å²) in [6.07, 6.45) is 0.0455. The van der Waals surface area contributed by atoms with Gasteiger partial charge in [0.05, 0.1) is 21.6 Å². The highest BCUT2D eigenvalue weighted by Crippen LogP contribution is 2.33. The van der Waals surface area contributed by atoms with Gasteiger partial charge in [0.15, 0.2) is 5.75 Å². The molecular formula is C17H11N3O8. The summed E-state index contributed by atoms with van der Waals surface area (Å²) in [6.45, 7) is 0. The first kappa shape index (κ1) is 18.6. The van der Waals surface area contributed by atoms with Gasteiger partial charge in [-0.05, 0) is 18.2 Å². The average Bonchev–Trinajstić information content (AvgIpc) is 2.99. The Morgan fingerprint density at radius 3 is 2.21 bits per heavy atom.